The van der Waals surface area contributed by atoms with Crippen molar-refractivity contribution in [3.8, 4) is 23.0 Å². The van der Waals surface area contributed by atoms with E-state index in [0.717, 1.165) is 48.5 Å². The van der Waals surface area contributed by atoms with Crippen LogP contribution in [-0.4, -0.2) is 191 Å². The molecule has 0 spiro atoms. The summed E-state index contributed by atoms with van der Waals surface area (Å²) < 4.78 is 119. The fourth-order valence-corrected chi connectivity index (χ4v) is 5.41. The van der Waals surface area contributed by atoms with Crippen LogP contribution in [0.1, 0.15) is 55.3 Å². The van der Waals surface area contributed by atoms with Crippen LogP contribution in [0.5, 0.6) is 23.0 Å². The number of carboxylic acids is 4. The molecule has 1 radical (unpaired) electrons. The van der Waals surface area contributed by atoms with Gasteiger partial charge in [0, 0.05) is 64.6 Å². The van der Waals surface area contributed by atoms with Gasteiger partial charge in [-0.25, -0.2) is 19.2 Å². The van der Waals surface area contributed by atoms with Crippen molar-refractivity contribution in [3.05, 3.63) is 95.1 Å². The summed E-state index contributed by atoms with van der Waals surface area (Å²) in [6.07, 6.45) is 0. The Bertz CT molecular complexity index is 2310. The van der Waals surface area contributed by atoms with Crippen LogP contribution in [0, 0.1) is 0 Å². The van der Waals surface area contributed by atoms with Gasteiger partial charge in [0.15, 0.2) is 0 Å². The van der Waals surface area contributed by atoms with Gasteiger partial charge in [0.1, 0.15) is 45.3 Å². The van der Waals surface area contributed by atoms with Gasteiger partial charge in [0.2, 0.25) is 0 Å². The third kappa shape index (κ3) is 22.9. The molecule has 4 rings (SSSR count). The third-order valence-corrected chi connectivity index (χ3v) is 9.38. The third-order valence-electron chi connectivity index (χ3n) is 5.99. The standard InChI is InChI=1S/4C7H6O6S.2C2H6O.K/c4*8-6-2-1-4(14(11,12)13)3-5(6)7(9)10;2*1-2-3;/h4*1-3,8H,(H,9,10)(H,11,12,13);2*3H,2H2,1H3;. The van der Waals surface area contributed by atoms with Crippen LogP contribution < -0.4 is 0 Å². The zero-order valence-corrected chi connectivity index (χ0v) is 38.5. The number of aliphatic hydroxyl groups is 2. The second kappa shape index (κ2) is 27.4. The zero-order valence-electron chi connectivity index (χ0n) is 32.1. The number of phenols is 4. The number of hydrogen-bond acceptors (Lipinski definition) is 18. The number of carbonyl (C=O) groups is 4. The summed E-state index contributed by atoms with van der Waals surface area (Å²) in [5.74, 6) is -8.17. The predicted octanol–water partition coefficient (Wildman–Crippen LogP) is 0.965. The molecule has 0 bridgehead atoms. The van der Waals surface area contributed by atoms with E-state index in [1.165, 1.54) is 0 Å². The topological polar surface area (TPSA) is 488 Å². The quantitative estimate of drug-likeness (QED) is 0.0863. The second-order valence-electron chi connectivity index (χ2n) is 10.5. The van der Waals surface area contributed by atoms with E-state index in [0.29, 0.717) is 24.3 Å². The van der Waals surface area contributed by atoms with Gasteiger partial charge in [-0.1, -0.05) is 0 Å². The van der Waals surface area contributed by atoms with Crippen molar-refractivity contribution in [2.75, 3.05) is 13.2 Å². The Hall–Kier alpha value is -4.84. The molecule has 0 saturated carbocycles. The van der Waals surface area contributed by atoms with Crippen LogP contribution >= 0.6 is 0 Å². The molecular formula is C32H36KO26S4. The first-order valence-electron chi connectivity index (χ1n) is 15.5. The summed E-state index contributed by atoms with van der Waals surface area (Å²) in [6, 6.07) is 9.82. The van der Waals surface area contributed by atoms with Crippen LogP contribution in [0.4, 0.5) is 0 Å². The van der Waals surface area contributed by atoms with E-state index >= 15 is 0 Å². The van der Waals surface area contributed by atoms with E-state index < -0.39 is 129 Å². The predicted molar refractivity (Wildman–Crippen MR) is 211 cm³/mol. The smallest absolute Gasteiger partial charge is 0.339 e. The van der Waals surface area contributed by atoms with Crippen LogP contribution in [-0.2, 0) is 40.5 Å². The Morgan fingerprint density at radius 3 is 0.603 bits per heavy atom. The number of aromatic carboxylic acids is 4. The molecule has 0 unspecified atom stereocenters. The van der Waals surface area contributed by atoms with E-state index in [-0.39, 0.29) is 64.6 Å². The first-order valence-corrected chi connectivity index (χ1v) is 21.2. The summed E-state index contributed by atoms with van der Waals surface area (Å²) >= 11 is 0. The molecule has 0 aliphatic heterocycles. The fraction of sp³-hybridized carbons (Fsp3) is 0.125. The van der Waals surface area contributed by atoms with Gasteiger partial charge in [0.25, 0.3) is 40.5 Å². The van der Waals surface area contributed by atoms with Gasteiger partial charge < -0.3 is 51.1 Å². The molecular weight excluding hydrogens is 968 g/mol. The number of rotatable bonds is 8. The van der Waals surface area contributed by atoms with Crippen molar-refractivity contribution >= 4 is 116 Å². The molecule has 26 nitrogen and oxygen atoms in total. The number of hydrogen-bond donors (Lipinski definition) is 14. The Morgan fingerprint density at radius 1 is 0.381 bits per heavy atom. The van der Waals surface area contributed by atoms with E-state index in [1.54, 1.807) is 13.8 Å². The van der Waals surface area contributed by atoms with Crippen molar-refractivity contribution in [2.24, 2.45) is 0 Å². The van der Waals surface area contributed by atoms with E-state index in [1.807, 2.05) is 0 Å². The number of benzene rings is 4. The minimum absolute atomic E-state index is 0. The van der Waals surface area contributed by atoms with Gasteiger partial charge >= 0.3 is 23.9 Å². The molecule has 0 amide bonds. The van der Waals surface area contributed by atoms with Gasteiger partial charge in [-0.15, -0.1) is 0 Å². The Kier molecular flexibility index (Phi) is 27.1. The normalized spacial score (nSPS) is 10.5. The van der Waals surface area contributed by atoms with Gasteiger partial charge in [-0.2, -0.15) is 33.7 Å². The molecule has 14 N–H and O–H groups in total. The molecule has 0 aliphatic rings. The molecule has 345 valence electrons. The van der Waals surface area contributed by atoms with Gasteiger partial charge in [-0.3, -0.25) is 18.2 Å². The van der Waals surface area contributed by atoms with Crippen molar-refractivity contribution in [1.29, 1.82) is 0 Å². The zero-order chi connectivity index (χ0) is 49.1. The first-order chi connectivity index (χ1) is 28.1. The molecule has 0 atom stereocenters. The van der Waals surface area contributed by atoms with Gasteiger partial charge in [-0.05, 0) is 86.6 Å². The molecule has 0 heterocycles. The summed E-state index contributed by atoms with van der Waals surface area (Å²) in [5, 5.41) is 85.3. The van der Waals surface area contributed by atoms with Crippen LogP contribution in [0.2, 0.25) is 0 Å². The second-order valence-corrected chi connectivity index (χ2v) is 16.2. The van der Waals surface area contributed by atoms with Crippen molar-refractivity contribution in [2.45, 2.75) is 33.4 Å². The summed E-state index contributed by atoms with van der Waals surface area (Å²) in [4.78, 5) is 39.6. The SMILES string of the molecule is CCO.CCO.O=C(O)c1cc(S(=O)(=O)O)ccc1O.O=C(O)c1cc(S(=O)(=O)O)ccc1O.O=C(O)c1cc(S(=O)(=O)O)ccc1O.O=C(O)c1cc(S(=O)(=O)O)ccc1O.[K]. The van der Waals surface area contributed by atoms with E-state index in [9.17, 15) is 52.8 Å². The molecule has 0 aromatic heterocycles. The summed E-state index contributed by atoms with van der Waals surface area (Å²) in [6.45, 7) is 3.86. The maximum Gasteiger partial charge on any atom is 0.339 e. The molecule has 4 aromatic carbocycles. The minimum atomic E-state index is -4.45. The van der Waals surface area contributed by atoms with Crippen LogP contribution in [0.15, 0.2) is 92.4 Å². The van der Waals surface area contributed by atoms with Crippen LogP contribution in [0.3, 0.4) is 0 Å². The number of aromatic hydroxyl groups is 4. The largest absolute Gasteiger partial charge is 0.507 e. The number of carboxylic acid groups (broad SMARTS) is 4. The van der Waals surface area contributed by atoms with E-state index in [4.69, 9.17) is 69.3 Å². The Balaban J connectivity index is -0.000000726. The van der Waals surface area contributed by atoms with Crippen molar-refractivity contribution < 1.29 is 122 Å². The maximum atomic E-state index is 10.6. The maximum absolute atomic E-state index is 10.6. The first kappa shape index (κ1) is 62.5. The van der Waals surface area contributed by atoms with Crippen molar-refractivity contribution in [1.82, 2.24) is 0 Å². The van der Waals surface area contributed by atoms with Gasteiger partial charge in [0.05, 0.1) is 19.6 Å². The summed E-state index contributed by atoms with van der Waals surface area (Å²) in [5.41, 5.74) is -2.33. The molecule has 31 heteroatoms. The Morgan fingerprint density at radius 2 is 0.508 bits per heavy atom. The minimum Gasteiger partial charge on any atom is -0.507 e. The Labute approximate surface area is 399 Å². The number of aliphatic hydroxyl groups excluding tert-OH is 2. The van der Waals surface area contributed by atoms with Crippen molar-refractivity contribution in [3.63, 3.8) is 0 Å². The van der Waals surface area contributed by atoms with E-state index in [2.05, 4.69) is 0 Å². The summed E-state index contributed by atoms with van der Waals surface area (Å²) in [7, 11) is -17.8. The molecule has 0 saturated heterocycles. The molecule has 0 fully saturated rings. The average Bonchev–Trinajstić information content (AvgIpc) is 3.11. The monoisotopic (exact) mass is 1000 g/mol. The molecule has 0 aliphatic carbocycles. The molecule has 4 aromatic rings. The van der Waals surface area contributed by atoms with Crippen LogP contribution in [0.25, 0.3) is 0 Å². The average molecular weight is 1000 g/mol. The molecule has 63 heavy (non-hydrogen) atoms. The fourth-order valence-electron chi connectivity index (χ4n) is 3.39.